The highest BCUT2D eigenvalue weighted by molar-refractivity contribution is 5.99. The lowest BCUT2D eigenvalue weighted by Gasteiger charge is -2.15. The minimum absolute atomic E-state index is 0.0815. The van der Waals surface area contributed by atoms with Crippen molar-refractivity contribution in [2.75, 3.05) is 0 Å². The van der Waals surface area contributed by atoms with Crippen molar-refractivity contribution in [3.05, 3.63) is 42.1 Å². The fraction of sp³-hybridized carbons (Fsp3) is 0.412. The quantitative estimate of drug-likeness (QED) is 0.872. The van der Waals surface area contributed by atoms with E-state index in [1.165, 1.54) is 31.9 Å². The van der Waals surface area contributed by atoms with Gasteiger partial charge in [0.1, 0.15) is 5.56 Å². The zero-order chi connectivity index (χ0) is 14.5. The van der Waals surface area contributed by atoms with E-state index in [1.807, 2.05) is 30.3 Å². The molecule has 110 valence electrons. The lowest BCUT2D eigenvalue weighted by Crippen LogP contribution is -2.34. The molecular formula is C17H20N2O2. The molecule has 0 atom stereocenters. The van der Waals surface area contributed by atoms with Gasteiger partial charge >= 0.3 is 0 Å². The Bertz CT molecular complexity index is 584. The molecule has 1 aliphatic rings. The van der Waals surface area contributed by atoms with Crippen LogP contribution in [0.2, 0.25) is 0 Å². The van der Waals surface area contributed by atoms with Crippen LogP contribution in [0.1, 0.15) is 48.9 Å². The second kappa shape index (κ2) is 6.57. The van der Waals surface area contributed by atoms with Crippen LogP contribution in [-0.4, -0.2) is 17.1 Å². The van der Waals surface area contributed by atoms with E-state index in [4.69, 9.17) is 4.52 Å². The van der Waals surface area contributed by atoms with Gasteiger partial charge in [-0.25, -0.2) is 0 Å². The zero-order valence-electron chi connectivity index (χ0n) is 12.0. The first kappa shape index (κ1) is 13.9. The van der Waals surface area contributed by atoms with Crippen LogP contribution in [0.5, 0.6) is 0 Å². The smallest absolute Gasteiger partial charge is 0.257 e. The zero-order valence-corrected chi connectivity index (χ0v) is 12.0. The van der Waals surface area contributed by atoms with Crippen LogP contribution in [0.15, 0.2) is 41.1 Å². The summed E-state index contributed by atoms with van der Waals surface area (Å²) in [5.41, 5.74) is 1.39. The van der Waals surface area contributed by atoms with Crippen molar-refractivity contribution in [2.24, 2.45) is 0 Å². The maximum atomic E-state index is 12.5. The summed E-state index contributed by atoms with van der Waals surface area (Å²) in [7, 11) is 0. The maximum Gasteiger partial charge on any atom is 0.257 e. The third-order valence-corrected chi connectivity index (χ3v) is 4.04. The second-order valence-corrected chi connectivity index (χ2v) is 5.60. The van der Waals surface area contributed by atoms with Gasteiger partial charge in [-0.15, -0.1) is 0 Å². The Morgan fingerprint density at radius 1 is 1.10 bits per heavy atom. The Labute approximate surface area is 124 Å². The van der Waals surface area contributed by atoms with Gasteiger partial charge in [-0.3, -0.25) is 4.79 Å². The molecule has 1 saturated carbocycles. The average molecular weight is 284 g/mol. The minimum atomic E-state index is -0.0815. The van der Waals surface area contributed by atoms with Crippen molar-refractivity contribution in [1.29, 1.82) is 0 Å². The van der Waals surface area contributed by atoms with E-state index in [1.54, 1.807) is 0 Å². The lowest BCUT2D eigenvalue weighted by atomic mass is 10.1. The van der Waals surface area contributed by atoms with E-state index in [9.17, 15) is 4.79 Å². The molecule has 1 fully saturated rings. The molecule has 0 unspecified atom stereocenters. The number of carbonyl (C=O) groups is 1. The molecule has 1 aromatic carbocycles. The molecular weight excluding hydrogens is 264 g/mol. The van der Waals surface area contributed by atoms with Gasteiger partial charge in [-0.05, 0) is 12.8 Å². The summed E-state index contributed by atoms with van der Waals surface area (Å²) in [6, 6.07) is 9.89. The lowest BCUT2D eigenvalue weighted by molar-refractivity contribution is 0.0933. The number of aromatic nitrogens is 1. The molecule has 1 aliphatic carbocycles. The van der Waals surface area contributed by atoms with E-state index in [0.717, 1.165) is 18.4 Å². The van der Waals surface area contributed by atoms with Crippen LogP contribution in [0.3, 0.4) is 0 Å². The fourth-order valence-electron chi connectivity index (χ4n) is 2.89. The molecule has 0 aliphatic heterocycles. The van der Waals surface area contributed by atoms with Crippen LogP contribution in [0, 0.1) is 0 Å². The third-order valence-electron chi connectivity index (χ3n) is 4.04. The Morgan fingerprint density at radius 3 is 2.52 bits per heavy atom. The largest absolute Gasteiger partial charge is 0.355 e. The van der Waals surface area contributed by atoms with E-state index in [2.05, 4.69) is 10.5 Å². The number of carbonyl (C=O) groups excluding carboxylic acids is 1. The van der Waals surface area contributed by atoms with Crippen molar-refractivity contribution < 1.29 is 9.32 Å². The van der Waals surface area contributed by atoms with Crippen molar-refractivity contribution >= 4 is 5.91 Å². The molecule has 1 aromatic heterocycles. The number of nitrogens with one attached hydrogen (secondary N) is 1. The highest BCUT2D eigenvalue weighted by Gasteiger charge is 2.21. The number of hydrogen-bond acceptors (Lipinski definition) is 3. The number of nitrogens with zero attached hydrogens (tertiary/aromatic N) is 1. The monoisotopic (exact) mass is 284 g/mol. The minimum Gasteiger partial charge on any atom is -0.355 e. The molecule has 0 radical (unpaired) electrons. The van der Waals surface area contributed by atoms with Crippen molar-refractivity contribution in [2.45, 2.75) is 44.6 Å². The van der Waals surface area contributed by atoms with Gasteiger partial charge in [0.15, 0.2) is 5.76 Å². The summed E-state index contributed by atoms with van der Waals surface area (Å²) in [6.45, 7) is 0. The summed E-state index contributed by atoms with van der Waals surface area (Å²) in [5.74, 6) is 0.462. The molecule has 4 heteroatoms. The van der Waals surface area contributed by atoms with E-state index in [0.29, 0.717) is 11.3 Å². The molecule has 3 rings (SSSR count). The summed E-state index contributed by atoms with van der Waals surface area (Å²) in [4.78, 5) is 12.5. The third kappa shape index (κ3) is 3.32. The number of amides is 1. The predicted octanol–water partition coefficient (Wildman–Crippen LogP) is 3.79. The van der Waals surface area contributed by atoms with Gasteiger partial charge in [0.25, 0.3) is 5.91 Å². The van der Waals surface area contributed by atoms with Gasteiger partial charge in [0.2, 0.25) is 0 Å². The molecule has 1 heterocycles. The molecule has 0 spiro atoms. The number of benzene rings is 1. The Hall–Kier alpha value is -2.10. The first-order valence-electron chi connectivity index (χ1n) is 7.65. The van der Waals surface area contributed by atoms with Crippen LogP contribution in [0.25, 0.3) is 11.3 Å². The summed E-state index contributed by atoms with van der Waals surface area (Å²) in [6.07, 6.45) is 8.58. The van der Waals surface area contributed by atoms with Crippen LogP contribution in [-0.2, 0) is 0 Å². The Balaban J connectivity index is 1.75. The standard InChI is InChI=1S/C17H20N2O2/c20-17(19-14-10-6-1-2-7-11-14)15-12-18-21-16(15)13-8-4-3-5-9-13/h3-5,8-9,12,14H,1-2,6-7,10-11H2,(H,19,20). The van der Waals surface area contributed by atoms with Gasteiger partial charge < -0.3 is 9.84 Å². The molecule has 2 aromatic rings. The summed E-state index contributed by atoms with van der Waals surface area (Å²) in [5, 5.41) is 6.93. The topological polar surface area (TPSA) is 55.1 Å². The number of hydrogen-bond donors (Lipinski definition) is 1. The van der Waals surface area contributed by atoms with Crippen molar-refractivity contribution in [3.8, 4) is 11.3 Å². The number of rotatable bonds is 3. The molecule has 1 amide bonds. The van der Waals surface area contributed by atoms with Crippen LogP contribution < -0.4 is 5.32 Å². The first-order valence-corrected chi connectivity index (χ1v) is 7.65. The molecule has 0 saturated heterocycles. The van der Waals surface area contributed by atoms with Crippen molar-refractivity contribution in [1.82, 2.24) is 10.5 Å². The van der Waals surface area contributed by atoms with Crippen molar-refractivity contribution in [3.63, 3.8) is 0 Å². The molecule has 0 bridgehead atoms. The average Bonchev–Trinajstić information content (AvgIpc) is 2.87. The second-order valence-electron chi connectivity index (χ2n) is 5.60. The Kier molecular flexibility index (Phi) is 4.34. The van der Waals surface area contributed by atoms with Crippen LogP contribution in [0.4, 0.5) is 0 Å². The van der Waals surface area contributed by atoms with E-state index >= 15 is 0 Å². The maximum absolute atomic E-state index is 12.5. The van der Waals surface area contributed by atoms with E-state index < -0.39 is 0 Å². The molecule has 21 heavy (non-hydrogen) atoms. The van der Waals surface area contributed by atoms with Crippen LogP contribution >= 0.6 is 0 Å². The fourth-order valence-corrected chi connectivity index (χ4v) is 2.89. The molecule has 1 N–H and O–H groups in total. The highest BCUT2D eigenvalue weighted by atomic mass is 16.5. The summed E-state index contributed by atoms with van der Waals surface area (Å²) < 4.78 is 5.27. The SMILES string of the molecule is O=C(NC1CCCCCC1)c1cnoc1-c1ccccc1. The van der Waals surface area contributed by atoms with E-state index in [-0.39, 0.29) is 11.9 Å². The van der Waals surface area contributed by atoms with Gasteiger partial charge in [0.05, 0.1) is 6.20 Å². The van der Waals surface area contributed by atoms with Gasteiger partial charge in [0, 0.05) is 11.6 Å². The molecule has 4 nitrogen and oxygen atoms in total. The normalized spacial score (nSPS) is 16.4. The Morgan fingerprint density at radius 2 is 1.81 bits per heavy atom. The summed E-state index contributed by atoms with van der Waals surface area (Å²) >= 11 is 0. The first-order chi connectivity index (χ1) is 10.3. The predicted molar refractivity (Wildman–Crippen MR) is 80.9 cm³/mol. The highest BCUT2D eigenvalue weighted by Crippen LogP contribution is 2.24. The van der Waals surface area contributed by atoms with Gasteiger partial charge in [-0.1, -0.05) is 61.2 Å². The van der Waals surface area contributed by atoms with Gasteiger partial charge in [-0.2, -0.15) is 0 Å².